The van der Waals surface area contributed by atoms with Crippen LogP contribution in [0.5, 0.6) is 5.75 Å². The first-order valence-corrected chi connectivity index (χ1v) is 5.03. The van der Waals surface area contributed by atoms with Crippen LogP contribution in [0.1, 0.15) is 5.56 Å². The van der Waals surface area contributed by atoms with Crippen LogP contribution in [0.4, 0.5) is 0 Å². The zero-order valence-electron chi connectivity index (χ0n) is 9.21. The van der Waals surface area contributed by atoms with E-state index < -0.39 is 5.97 Å². The summed E-state index contributed by atoms with van der Waals surface area (Å²) in [6.07, 6.45) is 1.53. The Morgan fingerprint density at radius 1 is 1.47 bits per heavy atom. The van der Waals surface area contributed by atoms with Gasteiger partial charge in [-0.05, 0) is 19.1 Å². The Morgan fingerprint density at radius 3 is 2.94 bits per heavy atom. The maximum atomic E-state index is 10.5. The van der Waals surface area contributed by atoms with Crippen LogP contribution in [0.3, 0.4) is 0 Å². The number of carboxylic acids is 1. The predicted octanol–water partition coefficient (Wildman–Crippen LogP) is 2.11. The van der Waals surface area contributed by atoms with Crippen molar-refractivity contribution < 1.29 is 19.2 Å². The van der Waals surface area contributed by atoms with Crippen molar-refractivity contribution >= 4 is 5.97 Å². The van der Waals surface area contributed by atoms with Gasteiger partial charge in [0.05, 0.1) is 11.8 Å². The molecule has 0 aliphatic heterocycles. The predicted molar refractivity (Wildman–Crippen MR) is 59.8 cm³/mol. The first kappa shape index (κ1) is 11.2. The standard InChI is InChI=1S/C12H11NO4/c1-8-2-3-10(16-7-12(14)15)9(6-8)11-4-5-13-17-11/h2-6H,7H2,1H3,(H,14,15). The van der Waals surface area contributed by atoms with Crippen LogP contribution < -0.4 is 4.74 Å². The van der Waals surface area contributed by atoms with Gasteiger partial charge in [0.1, 0.15) is 5.75 Å². The molecule has 0 spiro atoms. The van der Waals surface area contributed by atoms with E-state index in [4.69, 9.17) is 14.4 Å². The van der Waals surface area contributed by atoms with Gasteiger partial charge >= 0.3 is 5.97 Å². The molecule has 0 saturated heterocycles. The highest BCUT2D eigenvalue weighted by Crippen LogP contribution is 2.30. The van der Waals surface area contributed by atoms with Crippen molar-refractivity contribution in [2.75, 3.05) is 6.61 Å². The largest absolute Gasteiger partial charge is 0.481 e. The molecule has 5 nitrogen and oxygen atoms in total. The van der Waals surface area contributed by atoms with Crippen LogP contribution in [0.2, 0.25) is 0 Å². The van der Waals surface area contributed by atoms with Crippen molar-refractivity contribution in [2.45, 2.75) is 6.92 Å². The molecule has 0 bridgehead atoms. The molecular weight excluding hydrogens is 222 g/mol. The van der Waals surface area contributed by atoms with Gasteiger partial charge in [-0.1, -0.05) is 16.8 Å². The summed E-state index contributed by atoms with van der Waals surface area (Å²) < 4.78 is 10.2. The zero-order valence-corrected chi connectivity index (χ0v) is 9.21. The van der Waals surface area contributed by atoms with E-state index in [0.717, 1.165) is 5.56 Å². The Morgan fingerprint density at radius 2 is 2.29 bits per heavy atom. The number of aryl methyl sites for hydroxylation is 1. The number of hydrogen-bond acceptors (Lipinski definition) is 4. The Hall–Kier alpha value is -2.30. The third-order valence-electron chi connectivity index (χ3n) is 2.19. The summed E-state index contributed by atoms with van der Waals surface area (Å²) in [6, 6.07) is 7.12. The number of aromatic nitrogens is 1. The van der Waals surface area contributed by atoms with E-state index in [0.29, 0.717) is 17.1 Å². The summed E-state index contributed by atoms with van der Waals surface area (Å²) in [6.45, 7) is 1.55. The van der Waals surface area contributed by atoms with Gasteiger partial charge in [-0.25, -0.2) is 4.79 Å². The third kappa shape index (κ3) is 2.63. The number of ether oxygens (including phenoxy) is 1. The lowest BCUT2D eigenvalue weighted by atomic mass is 10.1. The highest BCUT2D eigenvalue weighted by atomic mass is 16.5. The summed E-state index contributed by atoms with van der Waals surface area (Å²) in [5.41, 5.74) is 1.72. The van der Waals surface area contributed by atoms with Crippen LogP contribution in [-0.2, 0) is 4.79 Å². The third-order valence-corrected chi connectivity index (χ3v) is 2.19. The van der Waals surface area contributed by atoms with E-state index in [1.165, 1.54) is 6.20 Å². The molecule has 2 rings (SSSR count). The number of benzene rings is 1. The van der Waals surface area contributed by atoms with Crippen molar-refractivity contribution in [3.8, 4) is 17.1 Å². The molecule has 0 fully saturated rings. The zero-order chi connectivity index (χ0) is 12.3. The van der Waals surface area contributed by atoms with Gasteiger partial charge in [0, 0.05) is 6.07 Å². The highest BCUT2D eigenvalue weighted by molar-refractivity contribution is 5.70. The summed E-state index contributed by atoms with van der Waals surface area (Å²) in [5, 5.41) is 12.2. The van der Waals surface area contributed by atoms with E-state index in [1.807, 2.05) is 19.1 Å². The van der Waals surface area contributed by atoms with Crippen LogP contribution in [0.15, 0.2) is 35.0 Å². The number of carboxylic acid groups (broad SMARTS) is 1. The molecular formula is C12H11NO4. The minimum atomic E-state index is -1.02. The molecule has 2 aromatic rings. The topological polar surface area (TPSA) is 72.6 Å². The molecule has 1 heterocycles. The van der Waals surface area contributed by atoms with Crippen LogP contribution in [-0.4, -0.2) is 22.8 Å². The lowest BCUT2D eigenvalue weighted by Crippen LogP contribution is -2.09. The van der Waals surface area contributed by atoms with Crippen molar-refractivity contribution in [3.05, 3.63) is 36.0 Å². The molecule has 0 aliphatic carbocycles. The van der Waals surface area contributed by atoms with Crippen molar-refractivity contribution in [1.82, 2.24) is 5.16 Å². The second-order valence-electron chi connectivity index (χ2n) is 3.56. The molecule has 0 aliphatic rings. The van der Waals surface area contributed by atoms with E-state index >= 15 is 0 Å². The van der Waals surface area contributed by atoms with Crippen molar-refractivity contribution in [3.63, 3.8) is 0 Å². The molecule has 88 valence electrons. The SMILES string of the molecule is Cc1ccc(OCC(=O)O)c(-c2ccno2)c1. The highest BCUT2D eigenvalue weighted by Gasteiger charge is 2.11. The van der Waals surface area contributed by atoms with Gasteiger partial charge in [-0.3, -0.25) is 0 Å². The lowest BCUT2D eigenvalue weighted by molar-refractivity contribution is -0.139. The van der Waals surface area contributed by atoms with E-state index in [1.54, 1.807) is 12.1 Å². The molecule has 1 N–H and O–H groups in total. The Labute approximate surface area is 97.6 Å². The Kier molecular flexibility index (Phi) is 3.09. The van der Waals surface area contributed by atoms with Crippen LogP contribution in [0, 0.1) is 6.92 Å². The normalized spacial score (nSPS) is 10.2. The van der Waals surface area contributed by atoms with Gasteiger partial charge in [-0.2, -0.15) is 0 Å². The molecule has 1 aromatic carbocycles. The monoisotopic (exact) mass is 233 g/mol. The summed E-state index contributed by atoms with van der Waals surface area (Å²) in [7, 11) is 0. The molecule has 0 atom stereocenters. The fourth-order valence-electron chi connectivity index (χ4n) is 1.46. The number of aliphatic carboxylic acids is 1. The summed E-state index contributed by atoms with van der Waals surface area (Å²) in [5.74, 6) is -0.00191. The Balaban J connectivity index is 2.34. The number of rotatable bonds is 4. The molecule has 1 aromatic heterocycles. The summed E-state index contributed by atoms with van der Waals surface area (Å²) in [4.78, 5) is 10.5. The first-order chi connectivity index (χ1) is 8.16. The van der Waals surface area contributed by atoms with Crippen molar-refractivity contribution in [1.29, 1.82) is 0 Å². The molecule has 0 unspecified atom stereocenters. The average Bonchev–Trinajstić information content (AvgIpc) is 2.80. The molecule has 0 radical (unpaired) electrons. The van der Waals surface area contributed by atoms with Gasteiger partial charge in [0.15, 0.2) is 12.4 Å². The number of nitrogens with zero attached hydrogens (tertiary/aromatic N) is 1. The van der Waals surface area contributed by atoms with Crippen LogP contribution in [0.25, 0.3) is 11.3 Å². The van der Waals surface area contributed by atoms with Gasteiger partial charge < -0.3 is 14.4 Å². The second kappa shape index (κ2) is 4.69. The average molecular weight is 233 g/mol. The molecule has 0 amide bonds. The molecule has 5 heteroatoms. The minimum absolute atomic E-state index is 0.385. The van der Waals surface area contributed by atoms with E-state index in [9.17, 15) is 4.79 Å². The molecule has 0 saturated carbocycles. The Bertz CT molecular complexity index is 519. The van der Waals surface area contributed by atoms with Crippen LogP contribution >= 0.6 is 0 Å². The minimum Gasteiger partial charge on any atom is -0.481 e. The number of hydrogen-bond donors (Lipinski definition) is 1. The second-order valence-corrected chi connectivity index (χ2v) is 3.56. The first-order valence-electron chi connectivity index (χ1n) is 5.03. The maximum absolute atomic E-state index is 10.5. The molecule has 17 heavy (non-hydrogen) atoms. The fraction of sp³-hybridized carbons (Fsp3) is 0.167. The van der Waals surface area contributed by atoms with Gasteiger partial charge in [-0.15, -0.1) is 0 Å². The van der Waals surface area contributed by atoms with Gasteiger partial charge in [0.2, 0.25) is 0 Å². The smallest absolute Gasteiger partial charge is 0.341 e. The summed E-state index contributed by atoms with van der Waals surface area (Å²) >= 11 is 0. The van der Waals surface area contributed by atoms with E-state index in [2.05, 4.69) is 5.16 Å². The quantitative estimate of drug-likeness (QED) is 0.875. The number of carbonyl (C=O) groups is 1. The lowest BCUT2D eigenvalue weighted by Gasteiger charge is -2.08. The van der Waals surface area contributed by atoms with E-state index in [-0.39, 0.29) is 6.61 Å². The fourth-order valence-corrected chi connectivity index (χ4v) is 1.46. The van der Waals surface area contributed by atoms with Crippen molar-refractivity contribution in [2.24, 2.45) is 0 Å². The van der Waals surface area contributed by atoms with Gasteiger partial charge in [0.25, 0.3) is 0 Å². The maximum Gasteiger partial charge on any atom is 0.341 e.